The molecule has 1 heterocycles. The van der Waals surface area contributed by atoms with Crippen LogP contribution in [-0.4, -0.2) is 25.5 Å². The first kappa shape index (κ1) is 15.6. The zero-order valence-electron chi connectivity index (χ0n) is 11.3. The van der Waals surface area contributed by atoms with Gasteiger partial charge in [-0.05, 0) is 26.7 Å². The van der Waals surface area contributed by atoms with E-state index in [1.54, 1.807) is 13.8 Å². The summed E-state index contributed by atoms with van der Waals surface area (Å²) in [5.41, 5.74) is 6.14. The van der Waals surface area contributed by atoms with E-state index in [4.69, 9.17) is 5.73 Å². The van der Waals surface area contributed by atoms with E-state index in [2.05, 4.69) is 9.71 Å². The SMILES string of the molecule is CCC(N)(CC)CNS(=O)(=O)c1sc(C)nc1C. The molecule has 104 valence electrons. The number of sulfonamides is 1. The van der Waals surface area contributed by atoms with E-state index < -0.39 is 15.6 Å². The number of hydrogen-bond acceptors (Lipinski definition) is 5. The van der Waals surface area contributed by atoms with Gasteiger partial charge in [0.2, 0.25) is 0 Å². The number of aryl methyl sites for hydroxylation is 2. The molecule has 0 atom stereocenters. The van der Waals surface area contributed by atoms with Gasteiger partial charge in [-0.15, -0.1) is 11.3 Å². The lowest BCUT2D eigenvalue weighted by Crippen LogP contribution is -2.49. The molecule has 1 rings (SSSR count). The van der Waals surface area contributed by atoms with Crippen molar-refractivity contribution < 1.29 is 8.42 Å². The highest BCUT2D eigenvalue weighted by atomic mass is 32.2. The predicted molar refractivity (Wildman–Crippen MR) is 74.3 cm³/mol. The van der Waals surface area contributed by atoms with E-state index >= 15 is 0 Å². The fraction of sp³-hybridized carbons (Fsp3) is 0.727. The molecule has 0 bridgehead atoms. The van der Waals surface area contributed by atoms with Gasteiger partial charge in [0.25, 0.3) is 10.0 Å². The first-order valence-electron chi connectivity index (χ1n) is 5.96. The van der Waals surface area contributed by atoms with Crippen LogP contribution in [0, 0.1) is 13.8 Å². The van der Waals surface area contributed by atoms with Crippen molar-refractivity contribution in [2.75, 3.05) is 6.54 Å². The molecule has 0 saturated carbocycles. The van der Waals surface area contributed by atoms with Crippen LogP contribution in [0.15, 0.2) is 4.21 Å². The third-order valence-electron chi connectivity index (χ3n) is 3.13. The summed E-state index contributed by atoms with van der Waals surface area (Å²) >= 11 is 1.18. The molecule has 0 aliphatic carbocycles. The monoisotopic (exact) mass is 291 g/mol. The minimum atomic E-state index is -3.50. The number of nitrogens with zero attached hydrogens (tertiary/aromatic N) is 1. The average Bonchev–Trinajstić information content (AvgIpc) is 2.66. The number of rotatable bonds is 6. The maximum Gasteiger partial charge on any atom is 0.252 e. The second-order valence-electron chi connectivity index (χ2n) is 4.50. The molecule has 0 fully saturated rings. The van der Waals surface area contributed by atoms with Crippen molar-refractivity contribution in [2.24, 2.45) is 5.73 Å². The Morgan fingerprint density at radius 3 is 2.28 bits per heavy atom. The van der Waals surface area contributed by atoms with Gasteiger partial charge in [0, 0.05) is 12.1 Å². The second-order valence-corrected chi connectivity index (χ2v) is 7.67. The van der Waals surface area contributed by atoms with Crippen LogP contribution in [0.25, 0.3) is 0 Å². The van der Waals surface area contributed by atoms with Crippen LogP contribution in [0.5, 0.6) is 0 Å². The van der Waals surface area contributed by atoms with E-state index in [0.717, 1.165) is 17.8 Å². The van der Waals surface area contributed by atoms with Gasteiger partial charge in [0.05, 0.1) is 10.7 Å². The maximum absolute atomic E-state index is 12.1. The van der Waals surface area contributed by atoms with E-state index in [1.807, 2.05) is 13.8 Å². The zero-order chi connectivity index (χ0) is 14.0. The molecule has 1 aromatic heterocycles. The Morgan fingerprint density at radius 2 is 1.89 bits per heavy atom. The third kappa shape index (κ3) is 3.50. The molecule has 18 heavy (non-hydrogen) atoms. The lowest BCUT2D eigenvalue weighted by atomic mass is 9.95. The fourth-order valence-electron chi connectivity index (χ4n) is 1.57. The Bertz CT molecular complexity index is 504. The van der Waals surface area contributed by atoms with E-state index in [1.165, 1.54) is 11.3 Å². The standard InChI is InChI=1S/C11H21N3O2S2/c1-5-11(12,6-2)7-13-18(15,16)10-8(3)14-9(4)17-10/h13H,5-7,12H2,1-4H3. The fourth-order valence-corrected chi connectivity index (χ4v) is 4.23. The molecule has 0 saturated heterocycles. The van der Waals surface area contributed by atoms with E-state index in [-0.39, 0.29) is 10.8 Å². The molecule has 0 radical (unpaired) electrons. The number of nitrogens with two attached hydrogens (primary N) is 1. The number of thiazole rings is 1. The quantitative estimate of drug-likeness (QED) is 0.833. The van der Waals surface area contributed by atoms with Crippen LogP contribution >= 0.6 is 11.3 Å². The van der Waals surface area contributed by atoms with Crippen LogP contribution in [0.1, 0.15) is 37.4 Å². The summed E-state index contributed by atoms with van der Waals surface area (Å²) in [4.78, 5) is 4.13. The minimum Gasteiger partial charge on any atom is -0.324 e. The first-order valence-corrected chi connectivity index (χ1v) is 8.26. The number of nitrogens with one attached hydrogen (secondary N) is 1. The largest absolute Gasteiger partial charge is 0.324 e. The van der Waals surface area contributed by atoms with Crippen molar-refractivity contribution >= 4 is 21.4 Å². The summed E-state index contributed by atoms with van der Waals surface area (Å²) < 4.78 is 27.2. The number of aromatic nitrogens is 1. The topological polar surface area (TPSA) is 85.1 Å². The second kappa shape index (κ2) is 5.64. The van der Waals surface area contributed by atoms with Crippen LogP contribution in [0.2, 0.25) is 0 Å². The number of hydrogen-bond donors (Lipinski definition) is 2. The Hall–Kier alpha value is -0.500. The average molecular weight is 291 g/mol. The van der Waals surface area contributed by atoms with Crippen LogP contribution in [0.4, 0.5) is 0 Å². The molecule has 3 N–H and O–H groups in total. The lowest BCUT2D eigenvalue weighted by Gasteiger charge is -2.26. The van der Waals surface area contributed by atoms with E-state index in [9.17, 15) is 8.42 Å². The molecular formula is C11H21N3O2S2. The predicted octanol–water partition coefficient (Wildman–Crippen LogP) is 1.56. The van der Waals surface area contributed by atoms with Crippen molar-refractivity contribution in [3.8, 4) is 0 Å². The van der Waals surface area contributed by atoms with Crippen molar-refractivity contribution in [3.05, 3.63) is 10.7 Å². The molecule has 0 aromatic carbocycles. The van der Waals surface area contributed by atoms with Crippen LogP contribution in [0.3, 0.4) is 0 Å². The molecule has 5 nitrogen and oxygen atoms in total. The summed E-state index contributed by atoms with van der Waals surface area (Å²) in [6.45, 7) is 7.66. The molecule has 0 aliphatic rings. The van der Waals surface area contributed by atoms with Crippen LogP contribution < -0.4 is 10.5 Å². The molecule has 0 spiro atoms. The van der Waals surface area contributed by atoms with Gasteiger partial charge in [-0.2, -0.15) is 0 Å². The minimum absolute atomic E-state index is 0.249. The highest BCUT2D eigenvalue weighted by Crippen LogP contribution is 2.23. The maximum atomic E-state index is 12.1. The highest BCUT2D eigenvalue weighted by Gasteiger charge is 2.26. The van der Waals surface area contributed by atoms with Gasteiger partial charge < -0.3 is 5.73 Å². The van der Waals surface area contributed by atoms with Gasteiger partial charge in [0.1, 0.15) is 0 Å². The Kier molecular flexibility index (Phi) is 4.88. The van der Waals surface area contributed by atoms with E-state index in [0.29, 0.717) is 5.69 Å². The normalized spacial score (nSPS) is 12.9. The van der Waals surface area contributed by atoms with Crippen molar-refractivity contribution in [3.63, 3.8) is 0 Å². The zero-order valence-corrected chi connectivity index (χ0v) is 12.9. The van der Waals surface area contributed by atoms with Gasteiger partial charge >= 0.3 is 0 Å². The third-order valence-corrected chi connectivity index (χ3v) is 6.21. The highest BCUT2D eigenvalue weighted by molar-refractivity contribution is 7.91. The van der Waals surface area contributed by atoms with Crippen molar-refractivity contribution in [2.45, 2.75) is 50.3 Å². The van der Waals surface area contributed by atoms with Crippen LogP contribution in [-0.2, 0) is 10.0 Å². The Balaban J connectivity index is 2.87. The summed E-state index contributed by atoms with van der Waals surface area (Å²) in [6, 6.07) is 0. The van der Waals surface area contributed by atoms with Gasteiger partial charge in [-0.3, -0.25) is 0 Å². The van der Waals surface area contributed by atoms with Crippen molar-refractivity contribution in [1.82, 2.24) is 9.71 Å². The molecule has 1 aromatic rings. The van der Waals surface area contributed by atoms with Gasteiger partial charge in [-0.25, -0.2) is 18.1 Å². The summed E-state index contributed by atoms with van der Waals surface area (Å²) in [7, 11) is -3.50. The van der Waals surface area contributed by atoms with Crippen molar-refractivity contribution in [1.29, 1.82) is 0 Å². The summed E-state index contributed by atoms with van der Waals surface area (Å²) in [6.07, 6.45) is 1.46. The molecule has 0 amide bonds. The van der Waals surface area contributed by atoms with Gasteiger partial charge in [0.15, 0.2) is 4.21 Å². The first-order chi connectivity index (χ1) is 8.24. The lowest BCUT2D eigenvalue weighted by molar-refractivity contribution is 0.392. The summed E-state index contributed by atoms with van der Waals surface area (Å²) in [5, 5.41) is 0.748. The Labute approximate surface area is 113 Å². The summed E-state index contributed by atoms with van der Waals surface area (Å²) in [5.74, 6) is 0. The molecule has 7 heteroatoms. The molecule has 0 aliphatic heterocycles. The Morgan fingerprint density at radius 1 is 1.33 bits per heavy atom. The molecular weight excluding hydrogens is 270 g/mol. The van der Waals surface area contributed by atoms with Gasteiger partial charge in [-0.1, -0.05) is 13.8 Å². The smallest absolute Gasteiger partial charge is 0.252 e. The molecule has 0 unspecified atom stereocenters.